The number of benzene rings is 4. The molecule has 44 heavy (non-hydrogen) atoms. The van der Waals surface area contributed by atoms with Crippen LogP contribution in [0.1, 0.15) is 55.4 Å². The molecule has 8 nitrogen and oxygen atoms in total. The molecule has 0 aliphatic carbocycles. The summed E-state index contributed by atoms with van der Waals surface area (Å²) in [7, 11) is 2.94. The van der Waals surface area contributed by atoms with Crippen molar-refractivity contribution in [1.82, 2.24) is 14.8 Å². The van der Waals surface area contributed by atoms with Crippen molar-refractivity contribution in [3.05, 3.63) is 143 Å². The zero-order valence-corrected chi connectivity index (χ0v) is 24.8. The number of ether oxygens (including phenoxy) is 2. The Hall–Kier alpha value is -5.50. The van der Waals surface area contributed by atoms with Crippen LogP contribution in [-0.4, -0.2) is 46.6 Å². The van der Waals surface area contributed by atoms with Crippen molar-refractivity contribution < 1.29 is 19.1 Å². The first kappa shape index (κ1) is 28.6. The number of esters is 1. The van der Waals surface area contributed by atoms with Crippen molar-refractivity contribution in [2.45, 2.75) is 25.9 Å². The maximum Gasteiger partial charge on any atom is 0.337 e. The summed E-state index contributed by atoms with van der Waals surface area (Å²) in [5, 5.41) is 11.5. The largest absolute Gasteiger partial charge is 0.497 e. The van der Waals surface area contributed by atoms with E-state index in [-0.39, 0.29) is 5.91 Å². The molecule has 6 rings (SSSR count). The predicted molar refractivity (Wildman–Crippen MR) is 169 cm³/mol. The molecule has 220 valence electrons. The number of hydrogen-bond donors (Lipinski definition) is 0. The maximum atomic E-state index is 14.2. The first-order chi connectivity index (χ1) is 21.4. The van der Waals surface area contributed by atoms with Gasteiger partial charge in [-0.3, -0.25) is 9.48 Å². The smallest absolute Gasteiger partial charge is 0.337 e. The zero-order chi connectivity index (χ0) is 30.6. The van der Waals surface area contributed by atoms with E-state index in [0.29, 0.717) is 24.1 Å². The van der Waals surface area contributed by atoms with Crippen molar-refractivity contribution >= 4 is 17.6 Å². The Balaban J connectivity index is 1.45. The van der Waals surface area contributed by atoms with Gasteiger partial charge in [-0.2, -0.15) is 10.2 Å². The third kappa shape index (κ3) is 5.87. The quantitative estimate of drug-likeness (QED) is 0.190. The molecule has 1 atom stereocenters. The molecule has 0 spiro atoms. The Labute approximate surface area is 256 Å². The summed E-state index contributed by atoms with van der Waals surface area (Å²) in [6.07, 6.45) is 2.50. The highest BCUT2D eigenvalue weighted by Gasteiger charge is 2.37. The zero-order valence-electron chi connectivity index (χ0n) is 24.8. The molecule has 0 saturated carbocycles. The molecule has 0 N–H and O–H groups in total. The highest BCUT2D eigenvalue weighted by molar-refractivity contribution is 6.05. The molecule has 0 bridgehead atoms. The fraction of sp³-hybridized carbons (Fsp3) is 0.167. The summed E-state index contributed by atoms with van der Waals surface area (Å²) in [4.78, 5) is 26.4. The van der Waals surface area contributed by atoms with E-state index in [1.165, 1.54) is 12.1 Å². The van der Waals surface area contributed by atoms with Gasteiger partial charge in [-0.15, -0.1) is 0 Å². The van der Waals surface area contributed by atoms with E-state index in [4.69, 9.17) is 19.7 Å². The Kier molecular flexibility index (Phi) is 8.06. The van der Waals surface area contributed by atoms with Gasteiger partial charge < -0.3 is 9.47 Å². The van der Waals surface area contributed by atoms with Crippen molar-refractivity contribution in [3.8, 4) is 17.0 Å². The second-order valence-corrected chi connectivity index (χ2v) is 10.7. The topological polar surface area (TPSA) is 86.0 Å². The highest BCUT2D eigenvalue weighted by Crippen LogP contribution is 2.39. The van der Waals surface area contributed by atoms with Gasteiger partial charge in [0.1, 0.15) is 5.75 Å². The summed E-state index contributed by atoms with van der Waals surface area (Å²) in [6.45, 7) is 2.63. The molecule has 0 fully saturated rings. The van der Waals surface area contributed by atoms with Crippen LogP contribution >= 0.6 is 0 Å². The van der Waals surface area contributed by atoms with Gasteiger partial charge in [0.05, 0.1) is 43.8 Å². The molecule has 0 saturated heterocycles. The fourth-order valence-corrected chi connectivity index (χ4v) is 5.40. The monoisotopic (exact) mass is 584 g/mol. The maximum absolute atomic E-state index is 14.2. The number of carbonyl (C=O) groups excluding carboxylic acids is 2. The van der Waals surface area contributed by atoms with Crippen molar-refractivity contribution in [2.24, 2.45) is 5.10 Å². The normalized spacial score (nSPS) is 14.3. The van der Waals surface area contributed by atoms with Gasteiger partial charge in [-0.05, 0) is 60.5 Å². The molecular formula is C36H32N4O4. The van der Waals surface area contributed by atoms with Crippen LogP contribution in [0.3, 0.4) is 0 Å². The lowest BCUT2D eigenvalue weighted by Crippen LogP contribution is -2.27. The van der Waals surface area contributed by atoms with Crippen LogP contribution in [0.4, 0.5) is 0 Å². The van der Waals surface area contributed by atoms with E-state index in [1.807, 2.05) is 60.3 Å². The average molecular weight is 585 g/mol. The third-order valence-corrected chi connectivity index (χ3v) is 7.73. The van der Waals surface area contributed by atoms with Gasteiger partial charge in [0, 0.05) is 29.3 Å². The van der Waals surface area contributed by atoms with Crippen molar-refractivity contribution in [1.29, 1.82) is 0 Å². The number of aryl methyl sites for hydroxylation is 1. The molecule has 2 heterocycles. The van der Waals surface area contributed by atoms with E-state index < -0.39 is 12.0 Å². The van der Waals surface area contributed by atoms with Crippen LogP contribution in [0, 0.1) is 6.92 Å². The van der Waals surface area contributed by atoms with Gasteiger partial charge in [0.2, 0.25) is 0 Å². The van der Waals surface area contributed by atoms with E-state index in [1.54, 1.807) is 31.4 Å². The van der Waals surface area contributed by atoms with Gasteiger partial charge in [0.15, 0.2) is 0 Å². The molecule has 1 amide bonds. The number of carbonyl (C=O) groups is 2. The number of hydrogen-bond acceptors (Lipinski definition) is 6. The van der Waals surface area contributed by atoms with E-state index >= 15 is 0 Å². The van der Waals surface area contributed by atoms with Gasteiger partial charge in [-0.25, -0.2) is 9.80 Å². The standard InChI is InChI=1S/C36H32N4O4/c1-24-12-14-27(15-13-24)34-31(23-39(38-34)22-25-8-5-4-6-9-25)33-21-32(26-16-18-30(43-2)19-17-26)37-40(33)35(41)28-10-7-11-29(20-28)36(42)44-3/h4-20,23,33H,21-22H2,1-3H3. The van der Waals surface area contributed by atoms with Crippen molar-refractivity contribution in [2.75, 3.05) is 14.2 Å². The Morgan fingerprint density at radius 3 is 2.25 bits per heavy atom. The molecule has 0 radical (unpaired) electrons. The lowest BCUT2D eigenvalue weighted by atomic mass is 9.95. The number of amides is 1. The van der Waals surface area contributed by atoms with Crippen LogP contribution in [0.25, 0.3) is 11.3 Å². The molecule has 1 aliphatic heterocycles. The Morgan fingerprint density at radius 1 is 0.841 bits per heavy atom. The molecule has 4 aromatic carbocycles. The molecule has 1 aromatic heterocycles. The summed E-state index contributed by atoms with van der Waals surface area (Å²) in [5.74, 6) is -0.0980. The van der Waals surface area contributed by atoms with Crippen molar-refractivity contribution in [3.63, 3.8) is 0 Å². The van der Waals surface area contributed by atoms with E-state index in [0.717, 1.165) is 45.0 Å². The lowest BCUT2D eigenvalue weighted by molar-refractivity contribution is 0.0600. The third-order valence-electron chi connectivity index (χ3n) is 7.73. The Morgan fingerprint density at radius 2 is 1.55 bits per heavy atom. The Bertz CT molecular complexity index is 1830. The molecule has 5 aromatic rings. The minimum Gasteiger partial charge on any atom is -0.497 e. The SMILES string of the molecule is COC(=O)c1cccc(C(=O)N2N=C(c3ccc(OC)cc3)CC2c2cn(Cc3ccccc3)nc2-c2ccc(C)cc2)c1. The summed E-state index contributed by atoms with van der Waals surface area (Å²) in [6, 6.07) is 32.1. The first-order valence-corrected chi connectivity index (χ1v) is 14.4. The number of methoxy groups -OCH3 is 2. The summed E-state index contributed by atoms with van der Waals surface area (Å²) in [5.41, 5.74) is 7.18. The van der Waals surface area contributed by atoms with Gasteiger partial charge in [0.25, 0.3) is 5.91 Å². The molecular weight excluding hydrogens is 552 g/mol. The van der Waals surface area contributed by atoms with Gasteiger partial charge >= 0.3 is 5.97 Å². The van der Waals surface area contributed by atoms with Crippen LogP contribution in [0.2, 0.25) is 0 Å². The highest BCUT2D eigenvalue weighted by atomic mass is 16.5. The lowest BCUT2D eigenvalue weighted by Gasteiger charge is -2.22. The first-order valence-electron chi connectivity index (χ1n) is 14.4. The summed E-state index contributed by atoms with van der Waals surface area (Å²) < 4.78 is 12.2. The molecule has 1 aliphatic rings. The van der Waals surface area contributed by atoms with Gasteiger partial charge in [-0.1, -0.05) is 66.2 Å². The average Bonchev–Trinajstić information content (AvgIpc) is 3.70. The second-order valence-electron chi connectivity index (χ2n) is 10.7. The minimum atomic E-state index is -0.510. The number of aromatic nitrogens is 2. The van der Waals surface area contributed by atoms with E-state index in [9.17, 15) is 9.59 Å². The molecule has 8 heteroatoms. The minimum absolute atomic E-state index is 0.296. The predicted octanol–water partition coefficient (Wildman–Crippen LogP) is 6.69. The van der Waals surface area contributed by atoms with E-state index in [2.05, 4.69) is 36.4 Å². The molecule has 1 unspecified atom stereocenters. The van der Waals surface area contributed by atoms with Crippen LogP contribution < -0.4 is 4.74 Å². The summed E-state index contributed by atoms with van der Waals surface area (Å²) >= 11 is 0. The number of hydrazone groups is 1. The van der Waals surface area contributed by atoms with Crippen LogP contribution in [0.5, 0.6) is 5.75 Å². The number of rotatable bonds is 8. The fourth-order valence-electron chi connectivity index (χ4n) is 5.40. The van der Waals surface area contributed by atoms with Crippen LogP contribution in [0.15, 0.2) is 114 Å². The number of nitrogens with zero attached hydrogens (tertiary/aromatic N) is 4. The van der Waals surface area contributed by atoms with Crippen LogP contribution in [-0.2, 0) is 11.3 Å². The second kappa shape index (κ2) is 12.4.